The molecule has 0 radical (unpaired) electrons. The highest BCUT2D eigenvalue weighted by molar-refractivity contribution is 4.67. The molecular formula is C6H14N2. The van der Waals surface area contributed by atoms with Gasteiger partial charge < -0.3 is 10.6 Å². The third-order valence-electron chi connectivity index (χ3n) is 1.47. The van der Waals surface area contributed by atoms with Gasteiger partial charge in [0.1, 0.15) is 0 Å². The quantitative estimate of drug-likeness (QED) is 0.461. The van der Waals surface area contributed by atoms with Crippen LogP contribution in [-0.4, -0.2) is 25.7 Å². The minimum absolute atomic E-state index is 0.664. The normalized spacial score (nSPS) is 31.9. The van der Waals surface area contributed by atoms with Gasteiger partial charge in [-0.15, -0.1) is 0 Å². The van der Waals surface area contributed by atoms with Gasteiger partial charge in [-0.3, -0.25) is 0 Å². The Hall–Kier alpha value is -0.0800. The largest absolute Gasteiger partial charge is 0.315 e. The Morgan fingerprint density at radius 1 is 1.38 bits per heavy atom. The van der Waals surface area contributed by atoms with Gasteiger partial charge in [0.25, 0.3) is 0 Å². The lowest BCUT2D eigenvalue weighted by atomic mass is 10.3. The minimum atomic E-state index is 0.664. The average Bonchev–Trinajstić information content (AvgIpc) is 1.94. The molecule has 1 fully saturated rings. The van der Waals surface area contributed by atoms with Crippen LogP contribution in [0.15, 0.2) is 0 Å². The van der Waals surface area contributed by atoms with Crippen molar-refractivity contribution < 1.29 is 0 Å². The van der Waals surface area contributed by atoms with Crippen molar-refractivity contribution in [3.63, 3.8) is 0 Å². The predicted octanol–water partition coefficient (Wildman–Crippen LogP) is -0.0422. The Morgan fingerprint density at radius 2 is 2.25 bits per heavy atom. The summed E-state index contributed by atoms with van der Waals surface area (Å²) in [4.78, 5) is 0. The molecule has 0 saturated carbocycles. The highest BCUT2D eigenvalue weighted by Gasteiger charge is 2.02. The highest BCUT2D eigenvalue weighted by Crippen LogP contribution is 1.85. The second-order valence-corrected chi connectivity index (χ2v) is 2.41. The van der Waals surface area contributed by atoms with Crippen molar-refractivity contribution >= 4 is 0 Å². The molecule has 0 spiro atoms. The summed E-state index contributed by atoms with van der Waals surface area (Å²) in [5, 5.41) is 6.72. The summed E-state index contributed by atoms with van der Waals surface area (Å²) in [7, 11) is 0. The number of hydrogen-bond acceptors (Lipinski definition) is 2. The lowest BCUT2D eigenvalue weighted by molar-refractivity contribution is 0.568. The molecule has 1 heterocycles. The first-order valence-corrected chi connectivity index (χ1v) is 3.33. The molecule has 0 bridgehead atoms. The molecule has 0 aromatic rings. The topological polar surface area (TPSA) is 24.1 Å². The van der Waals surface area contributed by atoms with Crippen LogP contribution in [0.1, 0.15) is 13.3 Å². The summed E-state index contributed by atoms with van der Waals surface area (Å²) in [5.74, 6) is 0. The van der Waals surface area contributed by atoms with Crippen molar-refractivity contribution in [1.29, 1.82) is 0 Å². The monoisotopic (exact) mass is 114 g/mol. The van der Waals surface area contributed by atoms with Crippen molar-refractivity contribution in [3.8, 4) is 0 Å². The first-order valence-electron chi connectivity index (χ1n) is 3.33. The smallest absolute Gasteiger partial charge is 0.0164 e. The van der Waals surface area contributed by atoms with Gasteiger partial charge in [0.05, 0.1) is 0 Å². The molecule has 1 saturated heterocycles. The van der Waals surface area contributed by atoms with Gasteiger partial charge in [-0.25, -0.2) is 0 Å². The zero-order valence-corrected chi connectivity index (χ0v) is 5.41. The summed E-state index contributed by atoms with van der Waals surface area (Å²) in [6.07, 6.45) is 1.27. The molecule has 0 aliphatic carbocycles. The molecule has 0 aromatic carbocycles. The van der Waals surface area contributed by atoms with Gasteiger partial charge in [-0.2, -0.15) is 0 Å². The van der Waals surface area contributed by atoms with Crippen LogP contribution >= 0.6 is 0 Å². The summed E-state index contributed by atoms with van der Waals surface area (Å²) in [6.45, 7) is 5.68. The lowest BCUT2D eigenvalue weighted by Gasteiger charge is -2.06. The van der Waals surface area contributed by atoms with Crippen LogP contribution in [0.5, 0.6) is 0 Å². The molecule has 0 unspecified atom stereocenters. The van der Waals surface area contributed by atoms with E-state index in [0.29, 0.717) is 6.04 Å². The van der Waals surface area contributed by atoms with Crippen molar-refractivity contribution in [1.82, 2.24) is 10.6 Å². The van der Waals surface area contributed by atoms with Crippen molar-refractivity contribution in [2.75, 3.05) is 19.6 Å². The maximum absolute atomic E-state index is 3.38. The van der Waals surface area contributed by atoms with E-state index in [1.807, 2.05) is 0 Å². The Morgan fingerprint density at radius 3 is 3.12 bits per heavy atom. The van der Waals surface area contributed by atoms with Gasteiger partial charge in [-0.1, -0.05) is 0 Å². The van der Waals surface area contributed by atoms with Crippen molar-refractivity contribution in [3.05, 3.63) is 0 Å². The van der Waals surface area contributed by atoms with Gasteiger partial charge in [0, 0.05) is 12.6 Å². The molecule has 1 aliphatic heterocycles. The zero-order valence-electron chi connectivity index (χ0n) is 5.41. The van der Waals surface area contributed by atoms with Crippen molar-refractivity contribution in [2.45, 2.75) is 19.4 Å². The molecule has 2 heteroatoms. The second kappa shape index (κ2) is 3.05. The highest BCUT2D eigenvalue weighted by atomic mass is 15.0. The van der Waals surface area contributed by atoms with Crippen molar-refractivity contribution in [2.24, 2.45) is 0 Å². The van der Waals surface area contributed by atoms with Crippen LogP contribution in [0.4, 0.5) is 0 Å². The van der Waals surface area contributed by atoms with E-state index in [4.69, 9.17) is 0 Å². The number of nitrogens with one attached hydrogen (secondary N) is 2. The van der Waals surface area contributed by atoms with E-state index < -0.39 is 0 Å². The Bertz CT molecular complexity index is 55.5. The Labute approximate surface area is 50.7 Å². The molecule has 2 N–H and O–H groups in total. The average molecular weight is 114 g/mol. The van der Waals surface area contributed by atoms with Gasteiger partial charge in [0.15, 0.2) is 0 Å². The molecule has 0 amide bonds. The zero-order chi connectivity index (χ0) is 5.82. The molecule has 1 aliphatic rings. The number of rotatable bonds is 0. The minimum Gasteiger partial charge on any atom is -0.315 e. The summed E-state index contributed by atoms with van der Waals surface area (Å²) in [6, 6.07) is 0.664. The van der Waals surface area contributed by atoms with Crippen LogP contribution in [-0.2, 0) is 0 Å². The Kier molecular flexibility index (Phi) is 2.30. The fourth-order valence-corrected chi connectivity index (χ4v) is 0.953. The number of hydrogen-bond donors (Lipinski definition) is 2. The molecule has 0 aromatic heterocycles. The van der Waals surface area contributed by atoms with Crippen LogP contribution < -0.4 is 10.6 Å². The molecule has 48 valence electrons. The summed E-state index contributed by atoms with van der Waals surface area (Å²) < 4.78 is 0. The van der Waals surface area contributed by atoms with Crippen LogP contribution in [0, 0.1) is 0 Å². The molecule has 8 heavy (non-hydrogen) atoms. The molecule has 1 rings (SSSR count). The molecule has 2 nitrogen and oxygen atoms in total. The molecular weight excluding hydrogens is 100 g/mol. The van der Waals surface area contributed by atoms with E-state index in [1.54, 1.807) is 0 Å². The third-order valence-corrected chi connectivity index (χ3v) is 1.47. The van der Waals surface area contributed by atoms with Crippen LogP contribution in [0.2, 0.25) is 0 Å². The molecule has 1 atom stereocenters. The summed E-state index contributed by atoms with van der Waals surface area (Å²) >= 11 is 0. The van der Waals surface area contributed by atoms with Gasteiger partial charge in [-0.05, 0) is 26.4 Å². The van der Waals surface area contributed by atoms with Gasteiger partial charge >= 0.3 is 0 Å². The SMILES string of the molecule is C[C@@H]1CNCCCN1. The first kappa shape index (κ1) is 6.05. The standard InChI is InChI=1S/C6H14N2/c1-6-5-7-3-2-4-8-6/h6-8H,2-5H2,1H3/t6-/m1/s1. The predicted molar refractivity (Wildman–Crippen MR) is 35.0 cm³/mol. The fraction of sp³-hybridized carbons (Fsp3) is 1.00. The maximum Gasteiger partial charge on any atom is 0.0164 e. The maximum atomic E-state index is 3.38. The van der Waals surface area contributed by atoms with E-state index in [1.165, 1.54) is 19.5 Å². The first-order chi connectivity index (χ1) is 3.89. The summed E-state index contributed by atoms with van der Waals surface area (Å²) in [5.41, 5.74) is 0. The second-order valence-electron chi connectivity index (χ2n) is 2.41. The van der Waals surface area contributed by atoms with Gasteiger partial charge in [0.2, 0.25) is 0 Å². The lowest BCUT2D eigenvalue weighted by Crippen LogP contribution is -2.31. The van der Waals surface area contributed by atoms with Crippen LogP contribution in [0.25, 0.3) is 0 Å². The van der Waals surface area contributed by atoms with E-state index in [2.05, 4.69) is 17.6 Å². The van der Waals surface area contributed by atoms with E-state index in [9.17, 15) is 0 Å². The van der Waals surface area contributed by atoms with E-state index in [-0.39, 0.29) is 0 Å². The van der Waals surface area contributed by atoms with E-state index >= 15 is 0 Å². The Balaban J connectivity index is 2.17. The fourth-order valence-electron chi connectivity index (χ4n) is 0.953. The van der Waals surface area contributed by atoms with E-state index in [0.717, 1.165) is 6.54 Å². The third kappa shape index (κ3) is 1.80. The van der Waals surface area contributed by atoms with Crippen LogP contribution in [0.3, 0.4) is 0 Å².